The van der Waals surface area contributed by atoms with Gasteiger partial charge in [-0.3, -0.25) is 11.3 Å². The third-order valence-corrected chi connectivity index (χ3v) is 1.63. The fourth-order valence-corrected chi connectivity index (χ4v) is 0.900. The molecule has 4 nitrogen and oxygen atoms in total. The number of nitrogens with two attached hydrogens (primary N) is 2. The molecule has 0 amide bonds. The molecule has 0 radical (unpaired) electrons. The molecule has 0 aromatic carbocycles. The number of unbranched alkanes of at least 4 members (excludes halogenated alkanes) is 2. The van der Waals surface area contributed by atoms with Crippen molar-refractivity contribution >= 4 is 6.21 Å². The van der Waals surface area contributed by atoms with Crippen molar-refractivity contribution in [3.8, 4) is 0 Å². The van der Waals surface area contributed by atoms with E-state index < -0.39 is 0 Å². The molecule has 0 saturated carbocycles. The van der Waals surface area contributed by atoms with Crippen molar-refractivity contribution in [2.24, 2.45) is 11.6 Å². The first-order chi connectivity index (χ1) is 5.35. The van der Waals surface area contributed by atoms with E-state index in [1.54, 1.807) is 0 Å². The second-order valence-electron chi connectivity index (χ2n) is 2.58. The van der Waals surface area contributed by atoms with Gasteiger partial charge in [0.2, 0.25) is 0 Å². The van der Waals surface area contributed by atoms with Gasteiger partial charge in [0, 0.05) is 6.21 Å². The van der Waals surface area contributed by atoms with E-state index in [0.29, 0.717) is 0 Å². The predicted octanol–water partition coefficient (Wildman–Crippen LogP) is -0.0130. The molecule has 0 fully saturated rings. The largest absolute Gasteiger partial charge is 0.330 e. The number of hydrazine groups is 1. The molecule has 0 rings (SSSR count). The van der Waals surface area contributed by atoms with Crippen molar-refractivity contribution in [1.82, 2.24) is 5.43 Å². The van der Waals surface area contributed by atoms with Gasteiger partial charge < -0.3 is 11.1 Å². The summed E-state index contributed by atoms with van der Waals surface area (Å²) < 4.78 is 0. The first-order valence-corrected chi connectivity index (χ1v) is 4.02. The van der Waals surface area contributed by atoms with Crippen LogP contribution in [0, 0.1) is 5.41 Å². The lowest BCUT2D eigenvalue weighted by atomic mass is 10.1. The third kappa shape index (κ3) is 5.97. The summed E-state index contributed by atoms with van der Waals surface area (Å²) >= 11 is 0. The van der Waals surface area contributed by atoms with Gasteiger partial charge in [-0.1, -0.05) is 12.8 Å². The molecule has 0 aliphatic carbocycles. The summed E-state index contributed by atoms with van der Waals surface area (Å²) in [6.45, 7) is 0.755. The van der Waals surface area contributed by atoms with E-state index in [2.05, 4.69) is 5.43 Å². The second-order valence-corrected chi connectivity index (χ2v) is 2.58. The summed E-state index contributed by atoms with van der Waals surface area (Å²) in [7, 11) is 0. The average Bonchev–Trinajstić information content (AvgIpc) is 2.05. The molecule has 0 spiro atoms. The third-order valence-electron chi connectivity index (χ3n) is 1.63. The molecule has 66 valence electrons. The standard InChI is InChI=1S/C7H18N4/c8-5-3-1-2-4-7(6-9)11-10/h6-7,9,11H,1-5,8,10H2. The predicted molar refractivity (Wildman–Crippen MR) is 47.4 cm³/mol. The number of rotatable bonds is 7. The van der Waals surface area contributed by atoms with Crippen LogP contribution in [0.15, 0.2) is 0 Å². The zero-order valence-corrected chi connectivity index (χ0v) is 6.84. The quantitative estimate of drug-likeness (QED) is 0.182. The van der Waals surface area contributed by atoms with Crippen LogP contribution in [0.25, 0.3) is 0 Å². The van der Waals surface area contributed by atoms with Crippen molar-refractivity contribution in [3.05, 3.63) is 0 Å². The lowest BCUT2D eigenvalue weighted by Gasteiger charge is -2.08. The monoisotopic (exact) mass is 158 g/mol. The maximum absolute atomic E-state index is 6.95. The summed E-state index contributed by atoms with van der Waals surface area (Å²) in [4.78, 5) is 0. The Morgan fingerprint density at radius 1 is 1.36 bits per heavy atom. The fraction of sp³-hybridized carbons (Fsp3) is 0.857. The SMILES string of the molecule is N=CC(CCCCCN)NN. The molecule has 0 heterocycles. The van der Waals surface area contributed by atoms with E-state index in [-0.39, 0.29) is 6.04 Å². The van der Waals surface area contributed by atoms with Crippen LogP contribution in [0.2, 0.25) is 0 Å². The van der Waals surface area contributed by atoms with Gasteiger partial charge in [-0.15, -0.1) is 0 Å². The topological polar surface area (TPSA) is 87.9 Å². The summed E-state index contributed by atoms with van der Waals surface area (Å²) in [5.74, 6) is 5.17. The van der Waals surface area contributed by atoms with Gasteiger partial charge in [0.05, 0.1) is 6.04 Å². The first-order valence-electron chi connectivity index (χ1n) is 4.02. The van der Waals surface area contributed by atoms with Crippen LogP contribution in [-0.4, -0.2) is 18.8 Å². The average molecular weight is 158 g/mol. The van der Waals surface area contributed by atoms with Crippen molar-refractivity contribution in [2.75, 3.05) is 6.54 Å². The highest BCUT2D eigenvalue weighted by Crippen LogP contribution is 2.00. The van der Waals surface area contributed by atoms with Gasteiger partial charge >= 0.3 is 0 Å². The van der Waals surface area contributed by atoms with Crippen molar-refractivity contribution in [1.29, 1.82) is 5.41 Å². The maximum atomic E-state index is 6.95. The van der Waals surface area contributed by atoms with Crippen LogP contribution < -0.4 is 17.0 Å². The Kier molecular flexibility index (Phi) is 7.34. The Balaban J connectivity index is 3.14. The summed E-state index contributed by atoms with van der Waals surface area (Å²) in [6.07, 6.45) is 5.54. The van der Waals surface area contributed by atoms with Crippen molar-refractivity contribution in [2.45, 2.75) is 31.7 Å². The Morgan fingerprint density at radius 2 is 2.09 bits per heavy atom. The Bertz CT molecular complexity index is 94.4. The maximum Gasteiger partial charge on any atom is 0.0555 e. The van der Waals surface area contributed by atoms with Crippen LogP contribution in [0.1, 0.15) is 25.7 Å². The van der Waals surface area contributed by atoms with Crippen molar-refractivity contribution < 1.29 is 0 Å². The van der Waals surface area contributed by atoms with E-state index in [0.717, 1.165) is 32.2 Å². The van der Waals surface area contributed by atoms with E-state index >= 15 is 0 Å². The number of hydrogen-bond donors (Lipinski definition) is 4. The molecule has 1 atom stereocenters. The zero-order valence-electron chi connectivity index (χ0n) is 6.84. The Labute approximate surface area is 67.8 Å². The van der Waals surface area contributed by atoms with Gasteiger partial charge in [-0.2, -0.15) is 0 Å². The molecule has 0 aliphatic heterocycles. The van der Waals surface area contributed by atoms with E-state index in [1.807, 2.05) is 0 Å². The molecule has 11 heavy (non-hydrogen) atoms. The van der Waals surface area contributed by atoms with Crippen LogP contribution in [0.3, 0.4) is 0 Å². The van der Waals surface area contributed by atoms with Gasteiger partial charge in [-0.05, 0) is 19.4 Å². The summed E-state index contributed by atoms with van der Waals surface area (Å²) in [5.41, 5.74) is 7.88. The normalized spacial score (nSPS) is 12.9. The molecule has 0 aliphatic rings. The minimum atomic E-state index is 0.0350. The number of hydrogen-bond acceptors (Lipinski definition) is 4. The highest BCUT2D eigenvalue weighted by atomic mass is 15.2. The number of nitrogens with one attached hydrogen (secondary N) is 2. The Hall–Kier alpha value is -0.450. The van der Waals surface area contributed by atoms with Crippen molar-refractivity contribution in [3.63, 3.8) is 0 Å². The van der Waals surface area contributed by atoms with E-state index in [1.165, 1.54) is 6.21 Å². The molecule has 0 bridgehead atoms. The van der Waals surface area contributed by atoms with Crippen LogP contribution in [-0.2, 0) is 0 Å². The van der Waals surface area contributed by atoms with Gasteiger partial charge in [0.1, 0.15) is 0 Å². The molecule has 6 N–H and O–H groups in total. The van der Waals surface area contributed by atoms with Crippen LogP contribution >= 0.6 is 0 Å². The molecule has 1 unspecified atom stereocenters. The van der Waals surface area contributed by atoms with Crippen LogP contribution in [0.5, 0.6) is 0 Å². The second kappa shape index (κ2) is 7.65. The summed E-state index contributed by atoms with van der Waals surface area (Å²) in [6, 6.07) is 0.0350. The summed E-state index contributed by atoms with van der Waals surface area (Å²) in [5, 5.41) is 6.95. The highest BCUT2D eigenvalue weighted by Gasteiger charge is 1.99. The van der Waals surface area contributed by atoms with Gasteiger partial charge in [0.25, 0.3) is 0 Å². The first kappa shape index (κ1) is 10.6. The minimum Gasteiger partial charge on any atom is -0.330 e. The zero-order chi connectivity index (χ0) is 8.53. The minimum absolute atomic E-state index is 0.0350. The molecule has 0 aromatic rings. The Morgan fingerprint density at radius 3 is 2.55 bits per heavy atom. The lowest BCUT2D eigenvalue weighted by molar-refractivity contribution is 0.557. The molecular formula is C7H18N4. The fourth-order valence-electron chi connectivity index (χ4n) is 0.900. The molecular weight excluding hydrogens is 140 g/mol. The molecule has 0 aromatic heterocycles. The van der Waals surface area contributed by atoms with Crippen LogP contribution in [0.4, 0.5) is 0 Å². The smallest absolute Gasteiger partial charge is 0.0555 e. The highest BCUT2D eigenvalue weighted by molar-refractivity contribution is 5.60. The van der Waals surface area contributed by atoms with E-state index in [4.69, 9.17) is 17.0 Å². The van der Waals surface area contributed by atoms with Gasteiger partial charge in [-0.25, -0.2) is 0 Å². The van der Waals surface area contributed by atoms with Gasteiger partial charge in [0.15, 0.2) is 0 Å². The molecule has 4 heteroatoms. The molecule has 0 saturated heterocycles. The lowest BCUT2D eigenvalue weighted by Crippen LogP contribution is -2.35. The van der Waals surface area contributed by atoms with E-state index in [9.17, 15) is 0 Å².